The van der Waals surface area contributed by atoms with Gasteiger partial charge in [0.15, 0.2) is 0 Å². The third kappa shape index (κ3) is 4.56. The van der Waals surface area contributed by atoms with E-state index in [1.54, 1.807) is 6.07 Å². The number of aliphatic hydroxyl groups excluding tert-OH is 1. The number of hydrogen-bond donors (Lipinski definition) is 2. The van der Waals surface area contributed by atoms with Crippen LogP contribution in [0, 0.1) is 5.82 Å². The van der Waals surface area contributed by atoms with Gasteiger partial charge in [-0.2, -0.15) is 0 Å². The monoisotopic (exact) mass is 273 g/mol. The Labute approximate surface area is 106 Å². The van der Waals surface area contributed by atoms with Crippen molar-refractivity contribution in [3.8, 4) is 0 Å². The number of nitrogens with one attached hydrogen (secondary N) is 1. The molecule has 1 aromatic rings. The van der Waals surface area contributed by atoms with Gasteiger partial charge in [-0.3, -0.25) is 0 Å². The Hall–Kier alpha value is -1.24. The van der Waals surface area contributed by atoms with E-state index in [9.17, 15) is 17.9 Å². The van der Waals surface area contributed by atoms with Crippen LogP contribution in [0.2, 0.25) is 0 Å². The van der Waals surface area contributed by atoms with Gasteiger partial charge in [-0.25, -0.2) is 17.5 Å². The molecule has 0 aromatic heterocycles. The van der Waals surface area contributed by atoms with Crippen molar-refractivity contribution in [2.45, 2.75) is 12.5 Å². The van der Waals surface area contributed by atoms with E-state index in [1.807, 2.05) is 0 Å². The lowest BCUT2D eigenvalue weighted by Gasteiger charge is -2.13. The molecule has 0 saturated heterocycles. The highest BCUT2D eigenvalue weighted by molar-refractivity contribution is 7.89. The zero-order chi connectivity index (χ0) is 13.6. The van der Waals surface area contributed by atoms with Crippen molar-refractivity contribution in [2.24, 2.45) is 0 Å². The van der Waals surface area contributed by atoms with E-state index in [1.165, 1.54) is 24.3 Å². The second-order valence-corrected chi connectivity index (χ2v) is 5.71. The molecule has 1 aromatic carbocycles. The fourth-order valence-electron chi connectivity index (χ4n) is 1.37. The molecule has 0 radical (unpaired) electrons. The molecule has 0 saturated carbocycles. The zero-order valence-electron chi connectivity index (χ0n) is 9.84. The van der Waals surface area contributed by atoms with Crippen molar-refractivity contribution in [2.75, 3.05) is 12.3 Å². The highest BCUT2D eigenvalue weighted by atomic mass is 32.2. The number of sulfonamides is 1. The van der Waals surface area contributed by atoms with Crippen LogP contribution in [0.15, 0.2) is 36.9 Å². The van der Waals surface area contributed by atoms with Crippen LogP contribution in [-0.2, 0) is 10.0 Å². The Morgan fingerprint density at radius 3 is 2.72 bits per heavy atom. The minimum absolute atomic E-state index is 0.0731. The van der Waals surface area contributed by atoms with Crippen molar-refractivity contribution in [3.63, 3.8) is 0 Å². The summed E-state index contributed by atoms with van der Waals surface area (Å²) in [5, 5.41) is 9.70. The van der Waals surface area contributed by atoms with Crippen LogP contribution < -0.4 is 4.72 Å². The van der Waals surface area contributed by atoms with Gasteiger partial charge in [0, 0.05) is 12.1 Å². The zero-order valence-corrected chi connectivity index (χ0v) is 10.7. The molecule has 1 rings (SSSR count). The average Bonchev–Trinajstić information content (AvgIpc) is 2.34. The first kappa shape index (κ1) is 14.8. The number of benzene rings is 1. The normalized spacial score (nSPS) is 13.2. The lowest BCUT2D eigenvalue weighted by atomic mass is 10.1. The van der Waals surface area contributed by atoms with Gasteiger partial charge in [-0.15, -0.1) is 6.58 Å². The smallest absolute Gasteiger partial charge is 0.211 e. The summed E-state index contributed by atoms with van der Waals surface area (Å²) < 4.78 is 38.4. The first-order chi connectivity index (χ1) is 8.46. The number of hydrogen-bond acceptors (Lipinski definition) is 3. The molecule has 2 N–H and O–H groups in total. The predicted molar refractivity (Wildman–Crippen MR) is 68.0 cm³/mol. The van der Waals surface area contributed by atoms with E-state index < -0.39 is 21.9 Å². The topological polar surface area (TPSA) is 66.4 Å². The molecule has 0 bridgehead atoms. The Morgan fingerprint density at radius 1 is 1.44 bits per heavy atom. The SMILES string of the molecule is C=CCCS(=O)(=O)NCC(O)c1ccccc1F. The first-order valence-electron chi connectivity index (χ1n) is 5.47. The minimum Gasteiger partial charge on any atom is -0.387 e. The standard InChI is InChI=1S/C12H16FNO3S/c1-2-3-8-18(16,17)14-9-12(15)10-6-4-5-7-11(10)13/h2,4-7,12,14-15H,1,3,8-9H2. The summed E-state index contributed by atoms with van der Waals surface area (Å²) in [6.07, 6.45) is 0.613. The van der Waals surface area contributed by atoms with Gasteiger partial charge >= 0.3 is 0 Å². The minimum atomic E-state index is -3.46. The van der Waals surface area contributed by atoms with Crippen molar-refractivity contribution >= 4 is 10.0 Å². The van der Waals surface area contributed by atoms with Crippen molar-refractivity contribution < 1.29 is 17.9 Å². The van der Waals surface area contributed by atoms with Crippen LogP contribution in [-0.4, -0.2) is 25.8 Å². The second kappa shape index (κ2) is 6.63. The molecule has 0 heterocycles. The molecule has 100 valence electrons. The summed E-state index contributed by atoms with van der Waals surface area (Å²) in [7, 11) is -3.46. The van der Waals surface area contributed by atoms with Crippen LogP contribution in [0.3, 0.4) is 0 Å². The van der Waals surface area contributed by atoms with Crippen molar-refractivity contribution in [1.29, 1.82) is 0 Å². The van der Waals surface area contributed by atoms with E-state index >= 15 is 0 Å². The average molecular weight is 273 g/mol. The molecule has 1 atom stereocenters. The molecule has 0 spiro atoms. The Balaban J connectivity index is 2.59. The molecular formula is C12H16FNO3S. The molecule has 1 unspecified atom stereocenters. The van der Waals surface area contributed by atoms with Gasteiger partial charge in [-0.05, 0) is 12.5 Å². The summed E-state index contributed by atoms with van der Waals surface area (Å²) in [6, 6.07) is 5.70. The van der Waals surface area contributed by atoms with Crippen LogP contribution >= 0.6 is 0 Å². The number of aliphatic hydroxyl groups is 1. The first-order valence-corrected chi connectivity index (χ1v) is 7.12. The highest BCUT2D eigenvalue weighted by Gasteiger charge is 2.15. The maximum absolute atomic E-state index is 13.3. The number of rotatable bonds is 7. The van der Waals surface area contributed by atoms with Crippen LogP contribution in [0.1, 0.15) is 18.1 Å². The summed E-state index contributed by atoms with van der Waals surface area (Å²) in [4.78, 5) is 0. The Bertz CT molecular complexity index is 502. The number of allylic oxidation sites excluding steroid dienone is 1. The third-order valence-corrected chi connectivity index (χ3v) is 3.73. The van der Waals surface area contributed by atoms with E-state index in [-0.39, 0.29) is 17.9 Å². The molecule has 18 heavy (non-hydrogen) atoms. The summed E-state index contributed by atoms with van der Waals surface area (Å²) in [5.41, 5.74) is 0.0731. The second-order valence-electron chi connectivity index (χ2n) is 3.78. The highest BCUT2D eigenvalue weighted by Crippen LogP contribution is 2.15. The van der Waals surface area contributed by atoms with Gasteiger partial charge in [0.25, 0.3) is 0 Å². The van der Waals surface area contributed by atoms with Crippen molar-refractivity contribution in [1.82, 2.24) is 4.72 Å². The maximum Gasteiger partial charge on any atom is 0.211 e. The summed E-state index contributed by atoms with van der Waals surface area (Å²) >= 11 is 0. The molecule has 0 aliphatic carbocycles. The molecule has 6 heteroatoms. The fourth-order valence-corrected chi connectivity index (χ4v) is 2.40. The predicted octanol–water partition coefficient (Wildman–Crippen LogP) is 1.35. The van der Waals surface area contributed by atoms with E-state index in [0.29, 0.717) is 6.42 Å². The van der Waals surface area contributed by atoms with Crippen molar-refractivity contribution in [3.05, 3.63) is 48.3 Å². The molecule has 0 aliphatic heterocycles. The van der Waals surface area contributed by atoms with Gasteiger partial charge in [0.2, 0.25) is 10.0 Å². The lowest BCUT2D eigenvalue weighted by Crippen LogP contribution is -2.30. The third-order valence-electron chi connectivity index (χ3n) is 2.35. The van der Waals surface area contributed by atoms with Crippen LogP contribution in [0.25, 0.3) is 0 Å². The van der Waals surface area contributed by atoms with E-state index in [0.717, 1.165) is 0 Å². The van der Waals surface area contributed by atoms with Gasteiger partial charge in [0.05, 0.1) is 11.9 Å². The summed E-state index contributed by atoms with van der Waals surface area (Å²) in [5.74, 6) is -0.657. The quantitative estimate of drug-likeness (QED) is 0.737. The molecule has 0 fully saturated rings. The van der Waals surface area contributed by atoms with Gasteiger partial charge < -0.3 is 5.11 Å². The molecule has 4 nitrogen and oxygen atoms in total. The lowest BCUT2D eigenvalue weighted by molar-refractivity contribution is 0.177. The fraction of sp³-hybridized carbons (Fsp3) is 0.333. The molecule has 0 aliphatic rings. The largest absolute Gasteiger partial charge is 0.387 e. The van der Waals surface area contributed by atoms with Gasteiger partial charge in [-0.1, -0.05) is 24.3 Å². The van der Waals surface area contributed by atoms with Crippen LogP contribution in [0.4, 0.5) is 4.39 Å². The number of halogens is 1. The molecule has 0 amide bonds. The Kier molecular flexibility index (Phi) is 5.46. The van der Waals surface area contributed by atoms with E-state index in [4.69, 9.17) is 0 Å². The van der Waals surface area contributed by atoms with Gasteiger partial charge in [0.1, 0.15) is 5.82 Å². The summed E-state index contributed by atoms with van der Waals surface area (Å²) in [6.45, 7) is 3.18. The van der Waals surface area contributed by atoms with E-state index in [2.05, 4.69) is 11.3 Å². The Morgan fingerprint density at radius 2 is 2.11 bits per heavy atom. The molecular weight excluding hydrogens is 257 g/mol. The maximum atomic E-state index is 13.3. The van der Waals surface area contributed by atoms with Crippen LogP contribution in [0.5, 0.6) is 0 Å².